The van der Waals surface area contributed by atoms with Crippen molar-refractivity contribution < 1.29 is 9.53 Å². The molecular formula is C16H18N2O2. The monoisotopic (exact) mass is 270 g/mol. The topological polar surface area (TPSA) is 51.2 Å². The summed E-state index contributed by atoms with van der Waals surface area (Å²) in [4.78, 5) is 16.5. The number of carbonyl (C=O) groups excluding carboxylic acids is 1. The summed E-state index contributed by atoms with van der Waals surface area (Å²) in [5, 5.41) is 2.89. The number of nitrogens with zero attached hydrogens (tertiary/aromatic N) is 1. The Morgan fingerprint density at radius 3 is 2.75 bits per heavy atom. The maximum absolute atomic E-state index is 12.3. The third kappa shape index (κ3) is 2.96. The summed E-state index contributed by atoms with van der Waals surface area (Å²) in [7, 11) is 0. The van der Waals surface area contributed by atoms with Crippen molar-refractivity contribution in [3.05, 3.63) is 53.3 Å². The average Bonchev–Trinajstić information content (AvgIpc) is 2.44. The van der Waals surface area contributed by atoms with Crippen molar-refractivity contribution in [1.29, 1.82) is 0 Å². The predicted octanol–water partition coefficient (Wildman–Crippen LogP) is 3.35. The van der Waals surface area contributed by atoms with E-state index in [2.05, 4.69) is 10.3 Å². The van der Waals surface area contributed by atoms with Gasteiger partial charge in [0.05, 0.1) is 12.3 Å². The van der Waals surface area contributed by atoms with Gasteiger partial charge < -0.3 is 10.1 Å². The summed E-state index contributed by atoms with van der Waals surface area (Å²) >= 11 is 0. The number of pyridine rings is 1. The number of carbonyl (C=O) groups is 1. The van der Waals surface area contributed by atoms with Gasteiger partial charge in [-0.1, -0.05) is 12.1 Å². The number of ether oxygens (including phenoxy) is 1. The number of hydrogen-bond donors (Lipinski definition) is 1. The van der Waals surface area contributed by atoms with Crippen molar-refractivity contribution in [3.8, 4) is 5.75 Å². The summed E-state index contributed by atoms with van der Waals surface area (Å²) in [5.74, 6) is 0.520. The highest BCUT2D eigenvalue weighted by Crippen LogP contribution is 2.24. The van der Waals surface area contributed by atoms with Gasteiger partial charge in [0.1, 0.15) is 5.75 Å². The van der Waals surface area contributed by atoms with Crippen LogP contribution in [0.2, 0.25) is 0 Å². The molecule has 0 saturated heterocycles. The first kappa shape index (κ1) is 14.1. The molecule has 2 rings (SSSR count). The number of anilines is 1. The minimum Gasteiger partial charge on any atom is -0.492 e. The summed E-state index contributed by atoms with van der Waals surface area (Å²) < 4.78 is 5.50. The number of rotatable bonds is 4. The lowest BCUT2D eigenvalue weighted by molar-refractivity contribution is 0.102. The quantitative estimate of drug-likeness (QED) is 0.927. The number of aryl methyl sites for hydroxylation is 1. The van der Waals surface area contributed by atoms with Crippen LogP contribution in [0.25, 0.3) is 0 Å². The second-order valence-corrected chi connectivity index (χ2v) is 4.45. The van der Waals surface area contributed by atoms with Gasteiger partial charge in [-0.25, -0.2) is 0 Å². The van der Waals surface area contributed by atoms with E-state index in [1.807, 2.05) is 45.0 Å². The molecule has 20 heavy (non-hydrogen) atoms. The molecule has 104 valence electrons. The van der Waals surface area contributed by atoms with Gasteiger partial charge in [-0.2, -0.15) is 0 Å². The van der Waals surface area contributed by atoms with Crippen molar-refractivity contribution in [2.24, 2.45) is 0 Å². The van der Waals surface area contributed by atoms with Crippen LogP contribution in [0.1, 0.15) is 28.5 Å². The first-order valence-electron chi connectivity index (χ1n) is 6.59. The molecule has 4 heteroatoms. The summed E-state index contributed by atoms with van der Waals surface area (Å²) in [6.07, 6.45) is 1.64. The zero-order valence-electron chi connectivity index (χ0n) is 11.9. The van der Waals surface area contributed by atoms with Gasteiger partial charge in [0.15, 0.2) is 0 Å². The van der Waals surface area contributed by atoms with Crippen LogP contribution in [0.4, 0.5) is 5.69 Å². The Morgan fingerprint density at radius 1 is 1.25 bits per heavy atom. The van der Waals surface area contributed by atoms with E-state index in [0.717, 1.165) is 11.3 Å². The van der Waals surface area contributed by atoms with Crippen LogP contribution < -0.4 is 10.1 Å². The largest absolute Gasteiger partial charge is 0.492 e. The molecule has 1 amide bonds. The molecule has 1 aromatic carbocycles. The Balaban J connectivity index is 2.26. The maximum Gasteiger partial charge on any atom is 0.256 e. The van der Waals surface area contributed by atoms with E-state index in [0.29, 0.717) is 23.6 Å². The maximum atomic E-state index is 12.3. The zero-order valence-corrected chi connectivity index (χ0v) is 11.9. The van der Waals surface area contributed by atoms with Crippen molar-refractivity contribution in [2.75, 3.05) is 11.9 Å². The fraction of sp³-hybridized carbons (Fsp3) is 0.250. The molecular weight excluding hydrogens is 252 g/mol. The molecule has 4 nitrogen and oxygen atoms in total. The molecule has 1 aromatic heterocycles. The fourth-order valence-corrected chi connectivity index (χ4v) is 1.93. The van der Waals surface area contributed by atoms with Gasteiger partial charge in [-0.3, -0.25) is 9.78 Å². The van der Waals surface area contributed by atoms with Crippen LogP contribution in [-0.2, 0) is 0 Å². The first-order valence-corrected chi connectivity index (χ1v) is 6.59. The molecule has 1 N–H and O–H groups in total. The number of benzene rings is 1. The van der Waals surface area contributed by atoms with Crippen molar-refractivity contribution in [1.82, 2.24) is 4.98 Å². The van der Waals surface area contributed by atoms with Gasteiger partial charge >= 0.3 is 0 Å². The Hall–Kier alpha value is -2.36. The van der Waals surface area contributed by atoms with E-state index in [1.54, 1.807) is 12.3 Å². The molecule has 0 saturated carbocycles. The lowest BCUT2D eigenvalue weighted by Crippen LogP contribution is -2.15. The fourth-order valence-electron chi connectivity index (χ4n) is 1.93. The molecule has 0 bridgehead atoms. The first-order chi connectivity index (χ1) is 9.63. The highest BCUT2D eigenvalue weighted by molar-refractivity contribution is 6.06. The predicted molar refractivity (Wildman–Crippen MR) is 79.3 cm³/mol. The van der Waals surface area contributed by atoms with Crippen molar-refractivity contribution in [3.63, 3.8) is 0 Å². The van der Waals surface area contributed by atoms with E-state index < -0.39 is 0 Å². The van der Waals surface area contributed by atoms with Gasteiger partial charge in [0.2, 0.25) is 0 Å². The Morgan fingerprint density at radius 2 is 2.00 bits per heavy atom. The molecule has 0 fully saturated rings. The Labute approximate surface area is 118 Å². The minimum atomic E-state index is -0.153. The van der Waals surface area contributed by atoms with Gasteiger partial charge in [-0.05, 0) is 44.5 Å². The number of aromatic nitrogens is 1. The van der Waals surface area contributed by atoms with Gasteiger partial charge in [0, 0.05) is 17.5 Å². The molecule has 0 spiro atoms. The highest BCUT2D eigenvalue weighted by atomic mass is 16.5. The Kier molecular flexibility index (Phi) is 4.35. The number of hydrogen-bond acceptors (Lipinski definition) is 3. The van der Waals surface area contributed by atoms with Gasteiger partial charge in [0.25, 0.3) is 5.91 Å². The molecule has 0 unspecified atom stereocenters. The lowest BCUT2D eigenvalue weighted by atomic mass is 10.1. The van der Waals surface area contributed by atoms with E-state index >= 15 is 0 Å². The van der Waals surface area contributed by atoms with Crippen molar-refractivity contribution in [2.45, 2.75) is 20.8 Å². The summed E-state index contributed by atoms with van der Waals surface area (Å²) in [6.45, 7) is 6.25. The minimum absolute atomic E-state index is 0.153. The van der Waals surface area contributed by atoms with Gasteiger partial charge in [-0.15, -0.1) is 0 Å². The van der Waals surface area contributed by atoms with Crippen LogP contribution in [0.5, 0.6) is 5.75 Å². The molecule has 0 aliphatic carbocycles. The standard InChI is InChI=1S/C16H18N2O2/c1-4-20-15-8-6-5-7-14(15)18-16(19)13-9-10-17-12(3)11(13)2/h5-10H,4H2,1-3H3,(H,18,19). The molecule has 0 aliphatic heterocycles. The van der Waals surface area contributed by atoms with Crippen molar-refractivity contribution >= 4 is 11.6 Å². The van der Waals surface area contributed by atoms with Crippen LogP contribution in [0.3, 0.4) is 0 Å². The average molecular weight is 270 g/mol. The van der Waals surface area contributed by atoms with E-state index in [-0.39, 0.29) is 5.91 Å². The number of para-hydroxylation sites is 2. The normalized spacial score (nSPS) is 10.2. The number of amides is 1. The highest BCUT2D eigenvalue weighted by Gasteiger charge is 2.13. The third-order valence-corrected chi connectivity index (χ3v) is 3.14. The SMILES string of the molecule is CCOc1ccccc1NC(=O)c1ccnc(C)c1C. The second-order valence-electron chi connectivity index (χ2n) is 4.45. The van der Waals surface area contributed by atoms with E-state index in [9.17, 15) is 4.79 Å². The smallest absolute Gasteiger partial charge is 0.256 e. The molecule has 2 aromatic rings. The molecule has 0 aliphatic rings. The van der Waals surface area contributed by atoms with Crippen LogP contribution in [-0.4, -0.2) is 17.5 Å². The molecule has 1 heterocycles. The lowest BCUT2D eigenvalue weighted by Gasteiger charge is -2.12. The van der Waals surface area contributed by atoms with E-state index in [1.165, 1.54) is 0 Å². The van der Waals surface area contributed by atoms with Crippen LogP contribution in [0.15, 0.2) is 36.5 Å². The third-order valence-electron chi connectivity index (χ3n) is 3.14. The molecule has 0 radical (unpaired) electrons. The second kappa shape index (κ2) is 6.19. The Bertz CT molecular complexity index is 624. The summed E-state index contributed by atoms with van der Waals surface area (Å²) in [5.41, 5.74) is 3.05. The van der Waals surface area contributed by atoms with Crippen LogP contribution >= 0.6 is 0 Å². The van der Waals surface area contributed by atoms with Crippen LogP contribution in [0, 0.1) is 13.8 Å². The zero-order chi connectivity index (χ0) is 14.5. The van der Waals surface area contributed by atoms with E-state index in [4.69, 9.17) is 4.74 Å². The number of nitrogens with one attached hydrogen (secondary N) is 1. The summed E-state index contributed by atoms with van der Waals surface area (Å²) in [6, 6.07) is 9.13. The molecule has 0 atom stereocenters.